The molecule has 0 fully saturated rings. The summed E-state index contributed by atoms with van der Waals surface area (Å²) in [4.78, 5) is 35.9. The van der Waals surface area contributed by atoms with E-state index in [0.717, 1.165) is 5.56 Å². The molecule has 4 aromatic rings. The van der Waals surface area contributed by atoms with Crippen LogP contribution in [0.3, 0.4) is 0 Å². The van der Waals surface area contributed by atoms with Gasteiger partial charge in [0, 0.05) is 11.1 Å². The largest absolute Gasteiger partial charge is 0.465 e. The minimum Gasteiger partial charge on any atom is -0.465 e. The van der Waals surface area contributed by atoms with Crippen LogP contribution < -0.4 is 5.32 Å². The number of aryl methyl sites for hydroxylation is 1. The number of hydrogen-bond acceptors (Lipinski definition) is 6. The van der Waals surface area contributed by atoms with Crippen molar-refractivity contribution in [3.05, 3.63) is 59.4 Å². The summed E-state index contributed by atoms with van der Waals surface area (Å²) < 4.78 is 4.76. The molecule has 140 valence electrons. The molecule has 0 bridgehead atoms. The number of methoxy groups -OCH3 is 1. The lowest BCUT2D eigenvalue weighted by Gasteiger charge is -2.02. The summed E-state index contributed by atoms with van der Waals surface area (Å²) in [7, 11) is 1.31. The van der Waals surface area contributed by atoms with Gasteiger partial charge in [-0.15, -0.1) is 0 Å². The van der Waals surface area contributed by atoms with Crippen LogP contribution in [0, 0.1) is 6.92 Å². The van der Waals surface area contributed by atoms with Crippen molar-refractivity contribution in [2.45, 2.75) is 6.92 Å². The van der Waals surface area contributed by atoms with Gasteiger partial charge in [-0.3, -0.25) is 15.2 Å². The summed E-state index contributed by atoms with van der Waals surface area (Å²) in [5, 5.41) is 9.57. The Morgan fingerprint density at radius 2 is 1.86 bits per heavy atom. The summed E-state index contributed by atoms with van der Waals surface area (Å²) in [6.07, 6.45) is 0. The molecule has 0 unspecified atom stereocenters. The van der Waals surface area contributed by atoms with Crippen LogP contribution in [-0.4, -0.2) is 44.1 Å². The number of imidazole rings is 1. The SMILES string of the molecule is COC(=O)c1cccc2[nH]c(NC(=O)c3ccc(-c4n[nH]c(C)n4)cc3)nc12. The van der Waals surface area contributed by atoms with Crippen molar-refractivity contribution in [2.24, 2.45) is 0 Å². The Kier molecular flexibility index (Phi) is 4.32. The maximum atomic E-state index is 12.5. The molecule has 2 aromatic heterocycles. The van der Waals surface area contributed by atoms with Crippen LogP contribution in [0.1, 0.15) is 26.5 Å². The second-order valence-electron chi connectivity index (χ2n) is 6.05. The number of carbonyl (C=O) groups excluding carboxylic acids is 2. The van der Waals surface area contributed by atoms with Gasteiger partial charge in [-0.05, 0) is 31.2 Å². The Labute approximate surface area is 159 Å². The number of anilines is 1. The topological polar surface area (TPSA) is 126 Å². The Morgan fingerprint density at radius 1 is 1.07 bits per heavy atom. The van der Waals surface area contributed by atoms with E-state index in [9.17, 15) is 9.59 Å². The zero-order chi connectivity index (χ0) is 19.7. The molecule has 0 aliphatic rings. The fraction of sp³-hybridized carbons (Fsp3) is 0.105. The molecule has 0 saturated carbocycles. The predicted molar refractivity (Wildman–Crippen MR) is 102 cm³/mol. The molecule has 0 aliphatic carbocycles. The fourth-order valence-corrected chi connectivity index (χ4v) is 2.79. The lowest BCUT2D eigenvalue weighted by molar-refractivity contribution is 0.0602. The highest BCUT2D eigenvalue weighted by molar-refractivity contribution is 6.06. The number of ether oxygens (including phenoxy) is 1. The fourth-order valence-electron chi connectivity index (χ4n) is 2.79. The molecule has 3 N–H and O–H groups in total. The van der Waals surface area contributed by atoms with Gasteiger partial charge in [0.2, 0.25) is 5.95 Å². The Balaban J connectivity index is 1.56. The lowest BCUT2D eigenvalue weighted by atomic mass is 10.1. The molecule has 4 rings (SSSR count). The number of nitrogens with zero attached hydrogens (tertiary/aromatic N) is 3. The minimum absolute atomic E-state index is 0.241. The Morgan fingerprint density at radius 3 is 2.54 bits per heavy atom. The molecule has 0 spiro atoms. The summed E-state index contributed by atoms with van der Waals surface area (Å²) in [6, 6.07) is 12.0. The number of rotatable bonds is 4. The number of esters is 1. The first-order valence-electron chi connectivity index (χ1n) is 8.43. The summed E-state index contributed by atoms with van der Waals surface area (Å²) in [5.74, 6) is 0.694. The predicted octanol–water partition coefficient (Wildman–Crippen LogP) is 2.70. The number of H-pyrrole nitrogens is 2. The Hall–Kier alpha value is -4.01. The van der Waals surface area contributed by atoms with E-state index in [-0.39, 0.29) is 11.9 Å². The van der Waals surface area contributed by atoms with Crippen molar-refractivity contribution in [3.63, 3.8) is 0 Å². The van der Waals surface area contributed by atoms with Gasteiger partial charge in [0.25, 0.3) is 5.91 Å². The highest BCUT2D eigenvalue weighted by Gasteiger charge is 2.15. The van der Waals surface area contributed by atoms with Crippen LogP contribution in [0.25, 0.3) is 22.4 Å². The minimum atomic E-state index is -0.493. The first kappa shape index (κ1) is 17.4. The van der Waals surface area contributed by atoms with Crippen molar-refractivity contribution >= 4 is 28.9 Å². The highest BCUT2D eigenvalue weighted by atomic mass is 16.5. The quantitative estimate of drug-likeness (QED) is 0.470. The monoisotopic (exact) mass is 376 g/mol. The van der Waals surface area contributed by atoms with Crippen LogP contribution in [0.2, 0.25) is 0 Å². The van der Waals surface area contributed by atoms with Gasteiger partial charge in [0.05, 0.1) is 18.2 Å². The van der Waals surface area contributed by atoms with Crippen LogP contribution in [-0.2, 0) is 4.74 Å². The third kappa shape index (κ3) is 3.20. The van der Waals surface area contributed by atoms with Crippen LogP contribution in [0.5, 0.6) is 0 Å². The average molecular weight is 376 g/mol. The van der Waals surface area contributed by atoms with Gasteiger partial charge >= 0.3 is 5.97 Å². The smallest absolute Gasteiger partial charge is 0.340 e. The molecule has 2 heterocycles. The second kappa shape index (κ2) is 6.95. The molecular weight excluding hydrogens is 360 g/mol. The van der Waals surface area contributed by atoms with Crippen molar-refractivity contribution in [2.75, 3.05) is 12.4 Å². The molecule has 9 nitrogen and oxygen atoms in total. The number of carbonyl (C=O) groups is 2. The van der Waals surface area contributed by atoms with Gasteiger partial charge in [-0.1, -0.05) is 18.2 Å². The van der Waals surface area contributed by atoms with Gasteiger partial charge in [-0.25, -0.2) is 14.8 Å². The van der Waals surface area contributed by atoms with Crippen LogP contribution in [0.15, 0.2) is 42.5 Å². The molecule has 28 heavy (non-hydrogen) atoms. The molecule has 9 heteroatoms. The maximum Gasteiger partial charge on any atom is 0.340 e. The van der Waals surface area contributed by atoms with Gasteiger partial charge < -0.3 is 9.72 Å². The molecule has 2 aromatic carbocycles. The van der Waals surface area contributed by atoms with E-state index in [2.05, 4.69) is 30.5 Å². The zero-order valence-corrected chi connectivity index (χ0v) is 15.1. The number of fused-ring (bicyclic) bond motifs is 1. The number of para-hydroxylation sites is 1. The highest BCUT2D eigenvalue weighted by Crippen LogP contribution is 2.20. The summed E-state index contributed by atoms with van der Waals surface area (Å²) in [6.45, 7) is 1.82. The van der Waals surface area contributed by atoms with E-state index >= 15 is 0 Å². The van der Waals surface area contributed by atoms with Gasteiger partial charge in [-0.2, -0.15) is 5.10 Å². The first-order valence-corrected chi connectivity index (χ1v) is 8.43. The molecule has 0 atom stereocenters. The molecular formula is C19H16N6O3. The number of benzene rings is 2. The van der Waals surface area contributed by atoms with E-state index in [1.807, 2.05) is 6.92 Å². The van der Waals surface area contributed by atoms with Crippen LogP contribution in [0.4, 0.5) is 5.95 Å². The normalized spacial score (nSPS) is 10.8. The molecule has 0 saturated heterocycles. The average Bonchev–Trinajstić information content (AvgIpc) is 3.32. The number of hydrogen-bond donors (Lipinski definition) is 3. The van der Waals surface area contributed by atoms with E-state index in [0.29, 0.717) is 33.8 Å². The maximum absolute atomic E-state index is 12.5. The molecule has 0 radical (unpaired) electrons. The number of amides is 1. The zero-order valence-electron chi connectivity index (χ0n) is 15.1. The summed E-state index contributed by atoms with van der Waals surface area (Å²) in [5.41, 5.74) is 2.62. The molecule has 0 aliphatic heterocycles. The number of nitrogens with one attached hydrogen (secondary N) is 3. The van der Waals surface area contributed by atoms with E-state index in [1.54, 1.807) is 42.5 Å². The van der Waals surface area contributed by atoms with Crippen molar-refractivity contribution in [3.8, 4) is 11.4 Å². The van der Waals surface area contributed by atoms with Gasteiger partial charge in [0.15, 0.2) is 5.82 Å². The number of aromatic amines is 2. The summed E-state index contributed by atoms with van der Waals surface area (Å²) >= 11 is 0. The van der Waals surface area contributed by atoms with E-state index < -0.39 is 5.97 Å². The second-order valence-corrected chi connectivity index (χ2v) is 6.05. The third-order valence-electron chi connectivity index (χ3n) is 4.15. The standard InChI is InChI=1S/C19H16N6O3/c1-10-20-16(25-24-10)11-6-8-12(9-7-11)17(26)23-19-21-14-5-3-4-13(15(14)22-19)18(27)28-2/h3-9H,1-2H3,(H,20,24,25)(H2,21,22,23,26). The van der Waals surface area contributed by atoms with Crippen LogP contribution >= 0.6 is 0 Å². The van der Waals surface area contributed by atoms with Crippen molar-refractivity contribution < 1.29 is 14.3 Å². The van der Waals surface area contributed by atoms with Gasteiger partial charge in [0.1, 0.15) is 11.3 Å². The van der Waals surface area contributed by atoms with E-state index in [1.165, 1.54) is 7.11 Å². The van der Waals surface area contributed by atoms with Crippen molar-refractivity contribution in [1.29, 1.82) is 0 Å². The molecule has 1 amide bonds. The van der Waals surface area contributed by atoms with Crippen molar-refractivity contribution in [1.82, 2.24) is 25.1 Å². The Bertz CT molecular complexity index is 1180. The number of aromatic nitrogens is 5. The van der Waals surface area contributed by atoms with E-state index in [4.69, 9.17) is 4.74 Å². The third-order valence-corrected chi connectivity index (χ3v) is 4.15. The first-order chi connectivity index (χ1) is 13.5. The lowest BCUT2D eigenvalue weighted by Crippen LogP contribution is -2.12.